The maximum atomic E-state index is 11.7. The molecule has 2 aliphatic heterocycles. The molecule has 1 saturated heterocycles. The van der Waals surface area contributed by atoms with Crippen molar-refractivity contribution in [2.45, 2.75) is 31.9 Å². The van der Waals surface area contributed by atoms with Crippen LogP contribution in [0, 0.1) is 5.92 Å². The molecule has 2 heterocycles. The molecule has 1 aromatic rings. The van der Waals surface area contributed by atoms with Crippen LogP contribution in [0.15, 0.2) is 18.2 Å². The van der Waals surface area contributed by atoms with Crippen molar-refractivity contribution in [1.29, 1.82) is 0 Å². The van der Waals surface area contributed by atoms with Crippen LogP contribution >= 0.6 is 0 Å². The zero-order chi connectivity index (χ0) is 13.6. The largest absolute Gasteiger partial charge is 0.376 e. The standard InChI is InChI=1S/C15H20N2O2/c1-9-5-6-19-15(9)14(16)10-3-4-12-11(7-10)8-13(18)17(12)2/h3-4,7,9,14-15H,5-6,8,16H2,1-2H3. The first-order valence-electron chi connectivity index (χ1n) is 6.84. The van der Waals surface area contributed by atoms with Crippen LogP contribution in [0.25, 0.3) is 0 Å². The number of rotatable bonds is 2. The van der Waals surface area contributed by atoms with Crippen LogP contribution in [0.1, 0.15) is 30.5 Å². The summed E-state index contributed by atoms with van der Waals surface area (Å²) in [5, 5.41) is 0. The van der Waals surface area contributed by atoms with Crippen molar-refractivity contribution in [1.82, 2.24) is 0 Å². The van der Waals surface area contributed by atoms with Crippen molar-refractivity contribution in [2.24, 2.45) is 11.7 Å². The van der Waals surface area contributed by atoms with Crippen molar-refractivity contribution >= 4 is 11.6 Å². The van der Waals surface area contributed by atoms with Gasteiger partial charge in [0.1, 0.15) is 0 Å². The molecule has 0 radical (unpaired) electrons. The lowest BCUT2D eigenvalue weighted by molar-refractivity contribution is -0.117. The highest BCUT2D eigenvalue weighted by Crippen LogP contribution is 2.34. The number of hydrogen-bond donors (Lipinski definition) is 1. The Morgan fingerprint density at radius 2 is 2.26 bits per heavy atom. The molecule has 0 aliphatic carbocycles. The monoisotopic (exact) mass is 260 g/mol. The van der Waals surface area contributed by atoms with Gasteiger partial charge in [-0.15, -0.1) is 0 Å². The van der Waals surface area contributed by atoms with Crippen molar-refractivity contribution in [3.05, 3.63) is 29.3 Å². The van der Waals surface area contributed by atoms with E-state index in [2.05, 4.69) is 13.0 Å². The quantitative estimate of drug-likeness (QED) is 0.879. The van der Waals surface area contributed by atoms with Gasteiger partial charge in [-0.3, -0.25) is 4.79 Å². The van der Waals surface area contributed by atoms with Gasteiger partial charge >= 0.3 is 0 Å². The molecular formula is C15H20N2O2. The van der Waals surface area contributed by atoms with E-state index in [-0.39, 0.29) is 18.1 Å². The van der Waals surface area contributed by atoms with E-state index in [0.29, 0.717) is 12.3 Å². The van der Waals surface area contributed by atoms with Crippen LogP contribution in [-0.4, -0.2) is 25.7 Å². The van der Waals surface area contributed by atoms with E-state index >= 15 is 0 Å². The Bertz CT molecular complexity index is 515. The van der Waals surface area contributed by atoms with Gasteiger partial charge in [0.15, 0.2) is 0 Å². The first kappa shape index (κ1) is 12.6. The summed E-state index contributed by atoms with van der Waals surface area (Å²) >= 11 is 0. The van der Waals surface area contributed by atoms with Gasteiger partial charge in [0, 0.05) is 19.3 Å². The second-order valence-corrected chi connectivity index (χ2v) is 5.64. The Balaban J connectivity index is 1.87. The number of anilines is 1. The van der Waals surface area contributed by atoms with E-state index in [1.807, 2.05) is 19.2 Å². The minimum absolute atomic E-state index is 0.0906. The molecule has 3 atom stereocenters. The molecule has 1 amide bonds. The minimum Gasteiger partial charge on any atom is -0.376 e. The predicted molar refractivity (Wildman–Crippen MR) is 74.0 cm³/mol. The Labute approximate surface area is 113 Å². The van der Waals surface area contributed by atoms with Gasteiger partial charge in [-0.1, -0.05) is 19.1 Å². The predicted octanol–water partition coefficient (Wildman–Crippen LogP) is 1.63. The van der Waals surface area contributed by atoms with Crippen LogP contribution in [0.5, 0.6) is 0 Å². The Kier molecular flexibility index (Phi) is 3.07. The molecule has 0 spiro atoms. The summed E-state index contributed by atoms with van der Waals surface area (Å²) in [7, 11) is 1.82. The maximum absolute atomic E-state index is 11.7. The van der Waals surface area contributed by atoms with E-state index in [0.717, 1.165) is 29.8 Å². The summed E-state index contributed by atoms with van der Waals surface area (Å²) in [6.45, 7) is 2.98. The van der Waals surface area contributed by atoms with Crippen molar-refractivity contribution in [3.8, 4) is 0 Å². The zero-order valence-electron chi connectivity index (χ0n) is 11.4. The molecule has 4 heteroatoms. The average Bonchev–Trinajstić information content (AvgIpc) is 2.93. The minimum atomic E-state index is -0.108. The van der Waals surface area contributed by atoms with Gasteiger partial charge in [-0.2, -0.15) is 0 Å². The lowest BCUT2D eigenvalue weighted by atomic mass is 9.92. The second kappa shape index (κ2) is 4.62. The third-order valence-electron chi connectivity index (χ3n) is 4.36. The number of fused-ring (bicyclic) bond motifs is 1. The molecule has 0 aromatic heterocycles. The van der Waals surface area contributed by atoms with Crippen LogP contribution < -0.4 is 10.6 Å². The van der Waals surface area contributed by atoms with Gasteiger partial charge in [-0.05, 0) is 29.5 Å². The molecule has 0 saturated carbocycles. The summed E-state index contributed by atoms with van der Waals surface area (Å²) < 4.78 is 5.74. The summed E-state index contributed by atoms with van der Waals surface area (Å²) in [6.07, 6.45) is 1.64. The number of benzene rings is 1. The number of likely N-dealkylation sites (N-methyl/N-ethyl adjacent to an activating group) is 1. The van der Waals surface area contributed by atoms with Crippen LogP contribution in [0.3, 0.4) is 0 Å². The molecule has 19 heavy (non-hydrogen) atoms. The van der Waals surface area contributed by atoms with Gasteiger partial charge in [0.2, 0.25) is 5.91 Å². The van der Waals surface area contributed by atoms with Gasteiger partial charge in [0.25, 0.3) is 0 Å². The van der Waals surface area contributed by atoms with Gasteiger partial charge in [0.05, 0.1) is 18.6 Å². The van der Waals surface area contributed by atoms with Crippen LogP contribution in [-0.2, 0) is 16.0 Å². The van der Waals surface area contributed by atoms with E-state index in [4.69, 9.17) is 10.5 Å². The van der Waals surface area contributed by atoms with E-state index < -0.39 is 0 Å². The first-order chi connectivity index (χ1) is 9.08. The van der Waals surface area contributed by atoms with E-state index in [1.54, 1.807) is 4.90 Å². The summed E-state index contributed by atoms with van der Waals surface area (Å²) in [6, 6.07) is 5.97. The smallest absolute Gasteiger partial charge is 0.231 e. The average molecular weight is 260 g/mol. The highest BCUT2D eigenvalue weighted by Gasteiger charge is 2.32. The SMILES string of the molecule is CC1CCOC1C(N)c1ccc2c(c1)CC(=O)N2C. The zero-order valence-corrected chi connectivity index (χ0v) is 11.4. The summed E-state index contributed by atoms with van der Waals surface area (Å²) in [4.78, 5) is 13.4. The molecule has 2 N–H and O–H groups in total. The molecular weight excluding hydrogens is 240 g/mol. The number of hydrogen-bond acceptors (Lipinski definition) is 3. The molecule has 0 bridgehead atoms. The van der Waals surface area contributed by atoms with Gasteiger partial charge in [-0.25, -0.2) is 0 Å². The highest BCUT2D eigenvalue weighted by molar-refractivity contribution is 6.00. The van der Waals surface area contributed by atoms with E-state index in [9.17, 15) is 4.79 Å². The molecule has 3 rings (SSSR count). The fourth-order valence-corrected chi connectivity index (χ4v) is 3.06. The Morgan fingerprint density at radius 3 is 2.95 bits per heavy atom. The lowest BCUT2D eigenvalue weighted by Crippen LogP contribution is -2.29. The van der Waals surface area contributed by atoms with Crippen molar-refractivity contribution in [3.63, 3.8) is 0 Å². The van der Waals surface area contributed by atoms with Crippen molar-refractivity contribution in [2.75, 3.05) is 18.6 Å². The third-order valence-corrected chi connectivity index (χ3v) is 4.36. The number of ether oxygens (including phenoxy) is 1. The fourth-order valence-electron chi connectivity index (χ4n) is 3.06. The second-order valence-electron chi connectivity index (χ2n) is 5.64. The first-order valence-corrected chi connectivity index (χ1v) is 6.84. The maximum Gasteiger partial charge on any atom is 0.231 e. The van der Waals surface area contributed by atoms with Crippen molar-refractivity contribution < 1.29 is 9.53 Å². The van der Waals surface area contributed by atoms with Crippen LogP contribution in [0.2, 0.25) is 0 Å². The number of nitrogens with two attached hydrogens (primary N) is 1. The molecule has 2 aliphatic rings. The van der Waals surface area contributed by atoms with E-state index in [1.165, 1.54) is 0 Å². The molecule has 3 unspecified atom stereocenters. The Morgan fingerprint density at radius 1 is 1.47 bits per heavy atom. The number of amides is 1. The normalized spacial score (nSPS) is 27.7. The number of carbonyl (C=O) groups is 1. The summed E-state index contributed by atoms with van der Waals surface area (Å²) in [5.74, 6) is 0.638. The number of carbonyl (C=O) groups excluding carboxylic acids is 1. The lowest BCUT2D eigenvalue weighted by Gasteiger charge is -2.23. The Hall–Kier alpha value is -1.39. The highest BCUT2D eigenvalue weighted by atomic mass is 16.5. The fraction of sp³-hybridized carbons (Fsp3) is 0.533. The molecule has 4 nitrogen and oxygen atoms in total. The number of nitrogens with zero attached hydrogens (tertiary/aromatic N) is 1. The topological polar surface area (TPSA) is 55.6 Å². The third kappa shape index (κ3) is 2.05. The summed E-state index contributed by atoms with van der Waals surface area (Å²) in [5.41, 5.74) is 9.48. The van der Waals surface area contributed by atoms with Gasteiger partial charge < -0.3 is 15.4 Å². The van der Waals surface area contributed by atoms with Crippen LogP contribution in [0.4, 0.5) is 5.69 Å². The molecule has 1 fully saturated rings. The molecule has 102 valence electrons. The molecule has 1 aromatic carbocycles.